The van der Waals surface area contributed by atoms with Crippen molar-refractivity contribution in [2.75, 3.05) is 5.73 Å². The third-order valence-corrected chi connectivity index (χ3v) is 2.62. The molecule has 15 heavy (non-hydrogen) atoms. The minimum atomic E-state index is 0.570. The van der Waals surface area contributed by atoms with E-state index in [1.165, 1.54) is 5.56 Å². The topological polar surface area (TPSA) is 30.9 Å². The van der Waals surface area contributed by atoms with Gasteiger partial charge in [0.05, 0.1) is 0 Å². The van der Waals surface area contributed by atoms with Crippen molar-refractivity contribution < 1.29 is 0 Å². The average Bonchev–Trinajstić information content (AvgIpc) is 2.65. The fraction of sp³-hybridized carbons (Fsp3) is 0.231. The molecule has 0 radical (unpaired) electrons. The SMILES string of the molecule is CC(C)c1ccc(-n2cccc2N)cc1. The Morgan fingerprint density at radius 2 is 1.73 bits per heavy atom. The van der Waals surface area contributed by atoms with Crippen LogP contribution >= 0.6 is 0 Å². The van der Waals surface area contributed by atoms with Gasteiger partial charge in [0.2, 0.25) is 0 Å². The van der Waals surface area contributed by atoms with Gasteiger partial charge in [-0.25, -0.2) is 0 Å². The van der Waals surface area contributed by atoms with Crippen molar-refractivity contribution in [1.29, 1.82) is 0 Å². The van der Waals surface area contributed by atoms with Gasteiger partial charge in [-0.3, -0.25) is 0 Å². The summed E-state index contributed by atoms with van der Waals surface area (Å²) >= 11 is 0. The zero-order valence-electron chi connectivity index (χ0n) is 9.14. The van der Waals surface area contributed by atoms with E-state index >= 15 is 0 Å². The van der Waals surface area contributed by atoms with Gasteiger partial charge in [0.25, 0.3) is 0 Å². The third-order valence-electron chi connectivity index (χ3n) is 2.62. The molecule has 1 aromatic carbocycles. The lowest BCUT2D eigenvalue weighted by Crippen LogP contribution is -1.98. The molecule has 2 heteroatoms. The molecule has 0 atom stereocenters. The van der Waals surface area contributed by atoms with Crippen molar-refractivity contribution in [3.8, 4) is 5.69 Å². The van der Waals surface area contributed by atoms with Crippen molar-refractivity contribution in [2.24, 2.45) is 0 Å². The van der Waals surface area contributed by atoms with E-state index in [2.05, 4.69) is 38.1 Å². The number of aromatic nitrogens is 1. The van der Waals surface area contributed by atoms with Crippen LogP contribution in [0.15, 0.2) is 42.6 Å². The van der Waals surface area contributed by atoms with Crippen LogP contribution in [0.2, 0.25) is 0 Å². The molecule has 1 aromatic heterocycles. The summed E-state index contributed by atoms with van der Waals surface area (Å²) in [5.74, 6) is 1.34. The van der Waals surface area contributed by atoms with E-state index < -0.39 is 0 Å². The van der Waals surface area contributed by atoms with Crippen LogP contribution in [0, 0.1) is 0 Å². The summed E-state index contributed by atoms with van der Waals surface area (Å²) in [5, 5.41) is 0. The molecule has 0 saturated carbocycles. The molecule has 0 unspecified atom stereocenters. The van der Waals surface area contributed by atoms with Crippen molar-refractivity contribution in [3.63, 3.8) is 0 Å². The van der Waals surface area contributed by atoms with E-state index in [1.54, 1.807) is 0 Å². The Balaban J connectivity index is 2.36. The smallest absolute Gasteiger partial charge is 0.107 e. The first-order valence-electron chi connectivity index (χ1n) is 5.21. The summed E-state index contributed by atoms with van der Waals surface area (Å²) < 4.78 is 1.98. The van der Waals surface area contributed by atoms with Gasteiger partial charge in [0.15, 0.2) is 0 Å². The second-order valence-corrected chi connectivity index (χ2v) is 4.05. The van der Waals surface area contributed by atoms with Gasteiger partial charge in [-0.1, -0.05) is 26.0 Å². The first-order chi connectivity index (χ1) is 7.18. The molecule has 2 rings (SSSR count). The Labute approximate surface area is 90.3 Å². The Morgan fingerprint density at radius 3 is 2.20 bits per heavy atom. The highest BCUT2D eigenvalue weighted by molar-refractivity contribution is 5.44. The molecule has 0 saturated heterocycles. The molecule has 0 spiro atoms. The molecule has 0 aliphatic heterocycles. The number of hydrogen-bond acceptors (Lipinski definition) is 1. The van der Waals surface area contributed by atoms with Crippen molar-refractivity contribution >= 4 is 5.82 Å². The molecule has 0 amide bonds. The highest BCUT2D eigenvalue weighted by Crippen LogP contribution is 2.18. The van der Waals surface area contributed by atoms with Crippen LogP contribution in [0.25, 0.3) is 5.69 Å². The normalized spacial score (nSPS) is 10.9. The summed E-state index contributed by atoms with van der Waals surface area (Å²) in [6, 6.07) is 12.4. The fourth-order valence-electron chi connectivity index (χ4n) is 1.65. The van der Waals surface area contributed by atoms with Crippen LogP contribution in [0.3, 0.4) is 0 Å². The zero-order chi connectivity index (χ0) is 10.8. The number of nitrogens with zero attached hydrogens (tertiary/aromatic N) is 1. The van der Waals surface area contributed by atoms with Crippen LogP contribution in [0.5, 0.6) is 0 Å². The Bertz CT molecular complexity index is 438. The van der Waals surface area contributed by atoms with Crippen molar-refractivity contribution in [2.45, 2.75) is 19.8 Å². The maximum Gasteiger partial charge on any atom is 0.107 e. The largest absolute Gasteiger partial charge is 0.385 e. The number of benzene rings is 1. The molecule has 0 bridgehead atoms. The molecule has 0 fully saturated rings. The lowest BCUT2D eigenvalue weighted by atomic mass is 10.0. The average molecular weight is 200 g/mol. The van der Waals surface area contributed by atoms with E-state index in [0.29, 0.717) is 5.92 Å². The van der Waals surface area contributed by atoms with Gasteiger partial charge in [0, 0.05) is 11.9 Å². The lowest BCUT2D eigenvalue weighted by Gasteiger charge is -2.09. The highest BCUT2D eigenvalue weighted by atomic mass is 15.0. The van der Waals surface area contributed by atoms with Crippen LogP contribution in [-0.2, 0) is 0 Å². The predicted octanol–water partition coefficient (Wildman–Crippen LogP) is 3.18. The van der Waals surface area contributed by atoms with Gasteiger partial charge >= 0.3 is 0 Å². The Hall–Kier alpha value is -1.70. The first kappa shape index (κ1) is 9.84. The van der Waals surface area contributed by atoms with Crippen molar-refractivity contribution in [3.05, 3.63) is 48.2 Å². The number of rotatable bonds is 2. The molecule has 78 valence electrons. The van der Waals surface area contributed by atoms with Gasteiger partial charge in [-0.15, -0.1) is 0 Å². The standard InChI is InChI=1S/C13H16N2/c1-10(2)11-5-7-12(8-6-11)15-9-3-4-13(15)14/h3-10H,14H2,1-2H3. The van der Waals surface area contributed by atoms with E-state index in [4.69, 9.17) is 5.73 Å². The maximum atomic E-state index is 5.83. The minimum Gasteiger partial charge on any atom is -0.385 e. The molecule has 2 nitrogen and oxygen atoms in total. The van der Waals surface area contributed by atoms with Gasteiger partial charge < -0.3 is 10.3 Å². The summed E-state index contributed by atoms with van der Waals surface area (Å²) in [4.78, 5) is 0. The fourth-order valence-corrected chi connectivity index (χ4v) is 1.65. The third kappa shape index (κ3) is 1.89. The molecular formula is C13H16N2. The molecule has 0 aliphatic carbocycles. The summed E-state index contributed by atoms with van der Waals surface area (Å²) in [7, 11) is 0. The second-order valence-electron chi connectivity index (χ2n) is 4.05. The van der Waals surface area contributed by atoms with Crippen LogP contribution < -0.4 is 5.73 Å². The molecule has 0 aliphatic rings. The second kappa shape index (κ2) is 3.81. The van der Waals surface area contributed by atoms with Crippen LogP contribution in [0.1, 0.15) is 25.3 Å². The van der Waals surface area contributed by atoms with Gasteiger partial charge in [0.1, 0.15) is 5.82 Å². The van der Waals surface area contributed by atoms with E-state index in [-0.39, 0.29) is 0 Å². The predicted molar refractivity (Wildman–Crippen MR) is 64.3 cm³/mol. The maximum absolute atomic E-state index is 5.83. The molecule has 2 N–H and O–H groups in total. The first-order valence-corrected chi connectivity index (χ1v) is 5.21. The summed E-state index contributed by atoms with van der Waals surface area (Å²) in [5.41, 5.74) is 8.30. The summed E-state index contributed by atoms with van der Waals surface area (Å²) in [6.45, 7) is 4.39. The molecule has 2 aromatic rings. The van der Waals surface area contributed by atoms with Crippen LogP contribution in [0.4, 0.5) is 5.82 Å². The van der Waals surface area contributed by atoms with E-state index in [1.807, 2.05) is 22.9 Å². The number of hydrogen-bond donors (Lipinski definition) is 1. The lowest BCUT2D eigenvalue weighted by molar-refractivity contribution is 0.865. The van der Waals surface area contributed by atoms with E-state index in [0.717, 1.165) is 11.5 Å². The Morgan fingerprint density at radius 1 is 1.07 bits per heavy atom. The molecular weight excluding hydrogens is 184 g/mol. The number of nitrogens with two attached hydrogens (primary N) is 1. The van der Waals surface area contributed by atoms with Gasteiger partial charge in [-0.2, -0.15) is 0 Å². The van der Waals surface area contributed by atoms with Crippen LogP contribution in [-0.4, -0.2) is 4.57 Å². The van der Waals surface area contributed by atoms with Crippen molar-refractivity contribution in [1.82, 2.24) is 4.57 Å². The monoisotopic (exact) mass is 200 g/mol. The Kier molecular flexibility index (Phi) is 2.50. The minimum absolute atomic E-state index is 0.570. The quantitative estimate of drug-likeness (QED) is 0.793. The number of anilines is 1. The van der Waals surface area contributed by atoms with E-state index in [9.17, 15) is 0 Å². The van der Waals surface area contributed by atoms with Gasteiger partial charge in [-0.05, 0) is 35.7 Å². The zero-order valence-corrected chi connectivity index (χ0v) is 9.14. The molecule has 1 heterocycles. The summed E-state index contributed by atoms with van der Waals surface area (Å²) in [6.07, 6.45) is 1.97. The highest BCUT2D eigenvalue weighted by Gasteiger charge is 2.01. The number of nitrogen functional groups attached to an aromatic ring is 1.